The number of hydrogen-bond donors (Lipinski definition) is 0. The number of nitrogens with one attached hydrogen (secondary N) is 1. The van der Waals surface area contributed by atoms with Crippen LogP contribution in [-0.2, 0) is 21.1 Å². The standard InChI is InChI=1S/C7H8N.CH3.W/c1-6-3-2-4-7(8)5-6;;/h2-5,8H,1H3;1H3;/q2*-1;+2. The zero-order valence-electron chi connectivity index (χ0n) is 6.22. The Hall–Kier alpha value is -0.292. The Morgan fingerprint density at radius 2 is 1.90 bits per heavy atom. The molecule has 0 saturated carbocycles. The summed E-state index contributed by atoms with van der Waals surface area (Å²) in [5.41, 5.74) is 8.87. The van der Waals surface area contributed by atoms with Crippen LogP contribution in [-0.4, -0.2) is 0 Å². The predicted octanol–water partition coefficient (Wildman–Crippen LogP) is 3.13. The van der Waals surface area contributed by atoms with Crippen LogP contribution in [0.1, 0.15) is 5.56 Å². The average Bonchev–Trinajstić information content (AvgIpc) is 1.64. The first-order chi connectivity index (χ1) is 3.79. The van der Waals surface area contributed by atoms with Gasteiger partial charge in [0.15, 0.2) is 0 Å². The second kappa shape index (κ2) is 5.49. The topological polar surface area (TPSA) is 23.8 Å². The van der Waals surface area contributed by atoms with Crippen molar-refractivity contribution in [2.75, 3.05) is 0 Å². The van der Waals surface area contributed by atoms with Crippen LogP contribution in [0.15, 0.2) is 24.3 Å². The third-order valence-corrected chi connectivity index (χ3v) is 1.02. The molecule has 0 aliphatic heterocycles. The van der Waals surface area contributed by atoms with Crippen molar-refractivity contribution >= 4 is 5.69 Å². The van der Waals surface area contributed by atoms with Crippen LogP contribution in [0, 0.1) is 14.4 Å². The van der Waals surface area contributed by atoms with E-state index in [0.717, 1.165) is 5.56 Å². The summed E-state index contributed by atoms with van der Waals surface area (Å²) in [6.45, 7) is 1.98. The number of benzene rings is 1. The van der Waals surface area contributed by atoms with Crippen LogP contribution in [0.5, 0.6) is 0 Å². The molecule has 1 aromatic carbocycles. The monoisotopic (exact) mass is 305 g/mol. The first-order valence-corrected chi connectivity index (χ1v) is 2.57. The van der Waals surface area contributed by atoms with Gasteiger partial charge in [0.1, 0.15) is 0 Å². The summed E-state index contributed by atoms with van der Waals surface area (Å²) < 4.78 is 0. The predicted molar refractivity (Wildman–Crippen MR) is 41.6 cm³/mol. The molecule has 1 aromatic rings. The molecule has 0 heterocycles. The maximum atomic E-state index is 7.14. The van der Waals surface area contributed by atoms with Crippen LogP contribution in [0.25, 0.3) is 5.73 Å². The molecule has 1 rings (SSSR count). The Morgan fingerprint density at radius 3 is 2.20 bits per heavy atom. The molecule has 0 amide bonds. The minimum atomic E-state index is 0. The summed E-state index contributed by atoms with van der Waals surface area (Å²) in [7, 11) is 0. The molecule has 1 nitrogen and oxygen atoms in total. The molecule has 0 radical (unpaired) electrons. The molecule has 0 aromatic heterocycles. The van der Waals surface area contributed by atoms with Crippen LogP contribution in [0.3, 0.4) is 0 Å². The van der Waals surface area contributed by atoms with E-state index in [1.54, 1.807) is 6.07 Å². The van der Waals surface area contributed by atoms with Gasteiger partial charge in [-0.05, 0) is 6.92 Å². The molecule has 0 fully saturated rings. The van der Waals surface area contributed by atoms with E-state index in [2.05, 4.69) is 0 Å². The zero-order chi connectivity index (χ0) is 5.98. The molecule has 0 spiro atoms. The third kappa shape index (κ3) is 3.68. The van der Waals surface area contributed by atoms with E-state index < -0.39 is 0 Å². The van der Waals surface area contributed by atoms with Crippen molar-refractivity contribution in [3.8, 4) is 0 Å². The quantitative estimate of drug-likeness (QED) is 0.658. The number of hydrogen-bond acceptors (Lipinski definition) is 0. The van der Waals surface area contributed by atoms with Crippen molar-refractivity contribution in [3.05, 3.63) is 43.0 Å². The summed E-state index contributed by atoms with van der Waals surface area (Å²) in [6.07, 6.45) is 0. The van der Waals surface area contributed by atoms with Crippen molar-refractivity contribution in [3.63, 3.8) is 0 Å². The molecular weight excluding hydrogens is 294 g/mol. The molecule has 0 saturated heterocycles. The molecule has 2 heteroatoms. The maximum absolute atomic E-state index is 7.14. The van der Waals surface area contributed by atoms with E-state index in [0.29, 0.717) is 5.69 Å². The molecule has 0 bridgehead atoms. The SMILES string of the molecule is Cc1cccc([NH-])c1.[CH3-].[W+2]. The normalized spacial score (nSPS) is 7.30. The first-order valence-electron chi connectivity index (χ1n) is 2.57. The van der Waals surface area contributed by atoms with E-state index in [1.807, 2.05) is 25.1 Å². The van der Waals surface area contributed by atoms with Crippen LogP contribution >= 0.6 is 0 Å². The van der Waals surface area contributed by atoms with Gasteiger partial charge in [0, 0.05) is 0 Å². The molecule has 0 unspecified atom stereocenters. The Morgan fingerprint density at radius 1 is 1.30 bits per heavy atom. The van der Waals surface area contributed by atoms with E-state index >= 15 is 0 Å². The van der Waals surface area contributed by atoms with Crippen LogP contribution in [0.2, 0.25) is 0 Å². The Labute approximate surface area is 76.9 Å². The Kier molecular flexibility index (Phi) is 6.80. The van der Waals surface area contributed by atoms with Crippen LogP contribution < -0.4 is 0 Å². The number of rotatable bonds is 0. The van der Waals surface area contributed by atoms with E-state index in [1.165, 1.54) is 0 Å². The maximum Gasteiger partial charge on any atom is 2.00 e. The van der Waals surface area contributed by atoms with Gasteiger partial charge in [-0.3, -0.25) is 0 Å². The Balaban J connectivity index is 0. The second-order valence-electron chi connectivity index (χ2n) is 1.87. The second-order valence-corrected chi connectivity index (χ2v) is 1.87. The van der Waals surface area contributed by atoms with Gasteiger partial charge in [0.25, 0.3) is 0 Å². The number of aryl methyl sites for hydroxylation is 1. The van der Waals surface area contributed by atoms with Crippen molar-refractivity contribution in [1.29, 1.82) is 0 Å². The third-order valence-electron chi connectivity index (χ3n) is 1.02. The van der Waals surface area contributed by atoms with Crippen molar-refractivity contribution in [2.45, 2.75) is 6.92 Å². The fourth-order valence-electron chi connectivity index (χ4n) is 0.645. The van der Waals surface area contributed by atoms with Crippen LogP contribution in [0.4, 0.5) is 5.69 Å². The van der Waals surface area contributed by atoms with Gasteiger partial charge >= 0.3 is 21.1 Å². The Bertz CT molecular complexity index is 169. The summed E-state index contributed by atoms with van der Waals surface area (Å²) in [5.74, 6) is 0. The smallest absolute Gasteiger partial charge is 0.699 e. The summed E-state index contributed by atoms with van der Waals surface area (Å²) in [4.78, 5) is 0. The van der Waals surface area contributed by atoms with Gasteiger partial charge in [0.2, 0.25) is 0 Å². The fourth-order valence-corrected chi connectivity index (χ4v) is 0.645. The van der Waals surface area contributed by atoms with Crippen molar-refractivity contribution in [2.24, 2.45) is 0 Å². The molecule has 0 aliphatic carbocycles. The molecule has 1 N–H and O–H groups in total. The fraction of sp³-hybridized carbons (Fsp3) is 0.125. The van der Waals surface area contributed by atoms with Gasteiger partial charge in [-0.25, -0.2) is 0 Å². The van der Waals surface area contributed by atoms with E-state index in [-0.39, 0.29) is 28.5 Å². The largest absolute Gasteiger partial charge is 2.00 e. The minimum absolute atomic E-state index is 0. The summed E-state index contributed by atoms with van der Waals surface area (Å²) in [5, 5.41) is 0. The zero-order valence-corrected chi connectivity index (χ0v) is 9.15. The van der Waals surface area contributed by atoms with Gasteiger partial charge in [-0.2, -0.15) is 0 Å². The van der Waals surface area contributed by atoms with Gasteiger partial charge in [0.05, 0.1) is 0 Å². The molecule has 0 atom stereocenters. The van der Waals surface area contributed by atoms with E-state index in [9.17, 15) is 0 Å². The van der Waals surface area contributed by atoms with Gasteiger partial charge in [-0.15, -0.1) is 5.69 Å². The van der Waals surface area contributed by atoms with Gasteiger partial charge < -0.3 is 13.2 Å². The molecular formula is C8H11NW. The first kappa shape index (κ1) is 12.4. The average molecular weight is 305 g/mol. The molecule has 10 heavy (non-hydrogen) atoms. The van der Waals surface area contributed by atoms with Crippen molar-refractivity contribution in [1.82, 2.24) is 0 Å². The summed E-state index contributed by atoms with van der Waals surface area (Å²) in [6, 6.07) is 7.47. The van der Waals surface area contributed by atoms with Gasteiger partial charge in [-0.1, -0.05) is 29.8 Å². The van der Waals surface area contributed by atoms with E-state index in [4.69, 9.17) is 5.73 Å². The molecule has 0 aliphatic rings. The molecule has 54 valence electrons. The van der Waals surface area contributed by atoms with Crippen molar-refractivity contribution < 1.29 is 21.1 Å². The minimum Gasteiger partial charge on any atom is -0.699 e. The summed E-state index contributed by atoms with van der Waals surface area (Å²) >= 11 is 0.